The van der Waals surface area contributed by atoms with Crippen LogP contribution in [0.5, 0.6) is 0 Å². The molecule has 2 aliphatic rings. The number of carbonyl (C=O) groups excluding carboxylic acids is 1. The number of amides is 1. The van der Waals surface area contributed by atoms with Crippen LogP contribution in [0.4, 0.5) is 5.13 Å². The van der Waals surface area contributed by atoms with Gasteiger partial charge in [0.15, 0.2) is 5.13 Å². The Balaban J connectivity index is 1.47. The maximum Gasteiger partial charge on any atom is 0.257 e. The lowest BCUT2D eigenvalue weighted by Gasteiger charge is -2.08. The minimum absolute atomic E-state index is 0.116. The predicted octanol–water partition coefficient (Wildman–Crippen LogP) is 3.35. The number of rotatable bonds is 6. The van der Waals surface area contributed by atoms with E-state index in [-0.39, 0.29) is 10.8 Å². The fourth-order valence-electron chi connectivity index (χ4n) is 3.19. The number of carbonyl (C=O) groups is 1. The van der Waals surface area contributed by atoms with Crippen LogP contribution in [0.15, 0.2) is 29.2 Å². The summed E-state index contributed by atoms with van der Waals surface area (Å²) in [4.78, 5) is 18.5. The standard InChI is InChI=1S/C19H23N3O3S2/c23-18(22-19-21-16-7-2-1-3-8-17(16)26-19)14-5-4-6-15(11-14)27(24,25)20-12-13-9-10-13/h4-6,11,13,20H,1-3,7-10,12H2,(H,21,22,23). The molecule has 27 heavy (non-hydrogen) atoms. The van der Waals surface area contributed by atoms with Gasteiger partial charge >= 0.3 is 0 Å². The highest BCUT2D eigenvalue weighted by atomic mass is 32.2. The third-order valence-electron chi connectivity index (χ3n) is 4.98. The van der Waals surface area contributed by atoms with Crippen LogP contribution in [-0.2, 0) is 22.9 Å². The Morgan fingerprint density at radius 2 is 2.00 bits per heavy atom. The number of thiazole rings is 1. The highest BCUT2D eigenvalue weighted by Gasteiger charge is 2.25. The van der Waals surface area contributed by atoms with Gasteiger partial charge in [-0.25, -0.2) is 18.1 Å². The van der Waals surface area contributed by atoms with Crippen molar-refractivity contribution in [3.8, 4) is 0 Å². The zero-order chi connectivity index (χ0) is 18.9. The second kappa shape index (κ2) is 7.69. The minimum Gasteiger partial charge on any atom is -0.298 e. The first kappa shape index (κ1) is 18.6. The molecule has 0 saturated heterocycles. The van der Waals surface area contributed by atoms with Gasteiger partial charge in [0.05, 0.1) is 10.6 Å². The number of nitrogens with one attached hydrogen (secondary N) is 2. The number of aryl methyl sites for hydroxylation is 2. The molecule has 1 aromatic heterocycles. The molecule has 0 radical (unpaired) electrons. The SMILES string of the molecule is O=C(Nc1nc2c(s1)CCCCC2)c1cccc(S(=O)(=O)NCC2CC2)c1. The normalized spacial score (nSPS) is 17.2. The van der Waals surface area contributed by atoms with Gasteiger partial charge in [0.2, 0.25) is 10.0 Å². The summed E-state index contributed by atoms with van der Waals surface area (Å²) in [5, 5.41) is 3.42. The van der Waals surface area contributed by atoms with Gasteiger partial charge in [-0.3, -0.25) is 10.1 Å². The van der Waals surface area contributed by atoms with E-state index in [1.807, 2.05) is 0 Å². The van der Waals surface area contributed by atoms with Crippen LogP contribution in [0.25, 0.3) is 0 Å². The Hall–Kier alpha value is -1.77. The summed E-state index contributed by atoms with van der Waals surface area (Å²) >= 11 is 1.53. The zero-order valence-corrected chi connectivity index (χ0v) is 16.7. The van der Waals surface area contributed by atoms with E-state index in [4.69, 9.17) is 0 Å². The lowest BCUT2D eigenvalue weighted by atomic mass is 10.2. The zero-order valence-electron chi connectivity index (χ0n) is 15.0. The van der Waals surface area contributed by atoms with Gasteiger partial charge in [0.1, 0.15) is 0 Å². The molecule has 0 spiro atoms. The fraction of sp³-hybridized carbons (Fsp3) is 0.474. The van der Waals surface area contributed by atoms with Gasteiger partial charge in [-0.05, 0) is 62.6 Å². The van der Waals surface area contributed by atoms with Crippen LogP contribution in [0.2, 0.25) is 0 Å². The van der Waals surface area contributed by atoms with Gasteiger partial charge in [-0.2, -0.15) is 0 Å². The number of aromatic nitrogens is 1. The smallest absolute Gasteiger partial charge is 0.257 e. The van der Waals surface area contributed by atoms with Gasteiger partial charge in [-0.15, -0.1) is 11.3 Å². The number of nitrogens with zero attached hydrogens (tertiary/aromatic N) is 1. The fourth-order valence-corrected chi connectivity index (χ4v) is 5.40. The Morgan fingerprint density at radius 3 is 2.81 bits per heavy atom. The van der Waals surface area contributed by atoms with Crippen LogP contribution < -0.4 is 10.0 Å². The summed E-state index contributed by atoms with van der Waals surface area (Å²) in [5.41, 5.74) is 1.41. The summed E-state index contributed by atoms with van der Waals surface area (Å²) in [5.74, 6) is 0.115. The van der Waals surface area contributed by atoms with Crippen molar-refractivity contribution < 1.29 is 13.2 Å². The van der Waals surface area contributed by atoms with Crippen molar-refractivity contribution in [3.05, 3.63) is 40.4 Å². The van der Waals surface area contributed by atoms with Gasteiger partial charge in [0.25, 0.3) is 5.91 Å². The van der Waals surface area contributed by atoms with Crippen molar-refractivity contribution >= 4 is 32.4 Å². The molecule has 1 fully saturated rings. The van der Waals surface area contributed by atoms with E-state index in [0.29, 0.717) is 23.2 Å². The Morgan fingerprint density at radius 1 is 1.19 bits per heavy atom. The van der Waals surface area contributed by atoms with E-state index in [1.165, 1.54) is 34.8 Å². The van der Waals surface area contributed by atoms with E-state index in [2.05, 4.69) is 15.0 Å². The molecule has 144 valence electrons. The molecule has 1 saturated carbocycles. The maximum atomic E-state index is 12.6. The topological polar surface area (TPSA) is 88.2 Å². The van der Waals surface area contributed by atoms with E-state index >= 15 is 0 Å². The average Bonchev–Trinajstić information content (AvgIpc) is 3.45. The van der Waals surface area contributed by atoms with Crippen LogP contribution in [-0.4, -0.2) is 25.9 Å². The molecule has 1 heterocycles. The van der Waals surface area contributed by atoms with Gasteiger partial charge < -0.3 is 0 Å². The molecular formula is C19H23N3O3S2. The van der Waals surface area contributed by atoms with Crippen molar-refractivity contribution in [3.63, 3.8) is 0 Å². The monoisotopic (exact) mass is 405 g/mol. The number of benzene rings is 1. The number of hydrogen-bond donors (Lipinski definition) is 2. The quantitative estimate of drug-likeness (QED) is 0.722. The van der Waals surface area contributed by atoms with Gasteiger partial charge in [-0.1, -0.05) is 12.5 Å². The third kappa shape index (κ3) is 4.56. The maximum absolute atomic E-state index is 12.6. The molecule has 0 unspecified atom stereocenters. The summed E-state index contributed by atoms with van der Waals surface area (Å²) in [6, 6.07) is 6.15. The molecular weight excluding hydrogens is 382 g/mol. The van der Waals surface area contributed by atoms with Crippen LogP contribution in [0.3, 0.4) is 0 Å². The molecule has 0 atom stereocenters. The molecule has 4 rings (SSSR count). The molecule has 6 nitrogen and oxygen atoms in total. The first-order chi connectivity index (χ1) is 13.0. The number of sulfonamides is 1. The first-order valence-electron chi connectivity index (χ1n) is 9.41. The molecule has 2 aromatic rings. The Kier molecular flexibility index (Phi) is 5.29. The molecule has 1 amide bonds. The summed E-state index contributed by atoms with van der Waals surface area (Å²) < 4.78 is 27.4. The molecule has 2 aliphatic carbocycles. The van der Waals surface area contributed by atoms with Crippen LogP contribution in [0, 0.1) is 5.92 Å². The van der Waals surface area contributed by atoms with Gasteiger partial charge in [0, 0.05) is 17.0 Å². The predicted molar refractivity (Wildman–Crippen MR) is 106 cm³/mol. The van der Waals surface area contributed by atoms with Crippen molar-refractivity contribution in [2.45, 2.75) is 49.8 Å². The number of hydrogen-bond acceptors (Lipinski definition) is 5. The Bertz CT molecular complexity index is 925. The molecule has 8 heteroatoms. The third-order valence-corrected chi connectivity index (χ3v) is 7.48. The summed E-state index contributed by atoms with van der Waals surface area (Å²) in [6.45, 7) is 0.462. The van der Waals surface area contributed by atoms with E-state index < -0.39 is 10.0 Å². The number of anilines is 1. The van der Waals surface area contributed by atoms with Crippen LogP contribution >= 0.6 is 11.3 Å². The highest BCUT2D eigenvalue weighted by Crippen LogP contribution is 2.30. The number of fused-ring (bicyclic) bond motifs is 1. The van der Waals surface area contributed by atoms with E-state index in [9.17, 15) is 13.2 Å². The minimum atomic E-state index is -3.59. The Labute approximate surface area is 163 Å². The first-order valence-corrected chi connectivity index (χ1v) is 11.7. The van der Waals surface area contributed by atoms with Crippen molar-refractivity contribution in [2.24, 2.45) is 5.92 Å². The highest BCUT2D eigenvalue weighted by molar-refractivity contribution is 7.89. The summed E-state index contributed by atoms with van der Waals surface area (Å²) in [7, 11) is -3.59. The second-order valence-corrected chi connectivity index (χ2v) is 10.1. The lowest BCUT2D eigenvalue weighted by molar-refractivity contribution is 0.102. The molecule has 1 aromatic carbocycles. The van der Waals surface area contributed by atoms with Crippen LogP contribution in [0.1, 0.15) is 53.0 Å². The van der Waals surface area contributed by atoms with E-state index in [1.54, 1.807) is 12.1 Å². The largest absolute Gasteiger partial charge is 0.298 e. The second-order valence-electron chi connectivity index (χ2n) is 7.23. The summed E-state index contributed by atoms with van der Waals surface area (Å²) in [6.07, 6.45) is 7.64. The van der Waals surface area contributed by atoms with Crippen molar-refractivity contribution in [1.82, 2.24) is 9.71 Å². The average molecular weight is 406 g/mol. The lowest BCUT2D eigenvalue weighted by Crippen LogP contribution is -2.26. The van der Waals surface area contributed by atoms with Crippen molar-refractivity contribution in [2.75, 3.05) is 11.9 Å². The molecule has 0 aliphatic heterocycles. The molecule has 2 N–H and O–H groups in total. The molecule has 0 bridgehead atoms. The van der Waals surface area contributed by atoms with E-state index in [0.717, 1.165) is 44.2 Å². The van der Waals surface area contributed by atoms with Crippen molar-refractivity contribution in [1.29, 1.82) is 0 Å².